The number of piperazine rings is 1. The van der Waals surface area contributed by atoms with Crippen LogP contribution in [0.25, 0.3) is 0 Å². The number of nitrogens with zero attached hydrogens (tertiary/aromatic N) is 4. The summed E-state index contributed by atoms with van der Waals surface area (Å²) < 4.78 is 25.5. The highest BCUT2D eigenvalue weighted by molar-refractivity contribution is 5.78. The molecule has 0 saturated carbocycles. The van der Waals surface area contributed by atoms with Crippen molar-refractivity contribution in [3.63, 3.8) is 0 Å². The topological polar surface area (TPSA) is 83.6 Å². The fourth-order valence-electron chi connectivity index (χ4n) is 3.43. The molecular formula is C21H32FN5O3. The first-order valence-corrected chi connectivity index (χ1v) is 10.4. The number of nitrogens with two attached hydrogens (primary N) is 1. The van der Waals surface area contributed by atoms with Crippen molar-refractivity contribution in [2.24, 2.45) is 10.7 Å². The molecule has 1 amide bonds. The highest BCUT2D eigenvalue weighted by Crippen LogP contribution is 2.23. The van der Waals surface area contributed by atoms with Crippen LogP contribution >= 0.6 is 0 Å². The Balaban J connectivity index is 1.55. The summed E-state index contributed by atoms with van der Waals surface area (Å²) in [5.41, 5.74) is 6.81. The number of halogens is 1. The predicted octanol–water partition coefficient (Wildman–Crippen LogP) is 2.03. The zero-order valence-corrected chi connectivity index (χ0v) is 18.1. The number of carbonyl (C=O) groups is 1. The highest BCUT2D eigenvalue weighted by atomic mass is 19.1. The molecule has 8 nitrogen and oxygen atoms in total. The molecular weight excluding hydrogens is 389 g/mol. The van der Waals surface area contributed by atoms with Gasteiger partial charge in [0, 0.05) is 39.3 Å². The van der Waals surface area contributed by atoms with Crippen LogP contribution in [0.1, 0.15) is 26.3 Å². The number of morpholine rings is 1. The average Bonchev–Trinajstić information content (AvgIpc) is 2.71. The number of amides is 1. The van der Waals surface area contributed by atoms with Gasteiger partial charge in [-0.25, -0.2) is 14.2 Å². The van der Waals surface area contributed by atoms with Gasteiger partial charge in [0.25, 0.3) is 0 Å². The third kappa shape index (κ3) is 5.98. The molecule has 0 spiro atoms. The van der Waals surface area contributed by atoms with Crippen LogP contribution < -0.4 is 10.6 Å². The minimum Gasteiger partial charge on any atom is -0.444 e. The fraction of sp³-hybridized carbons (Fsp3) is 0.619. The van der Waals surface area contributed by atoms with E-state index in [0.29, 0.717) is 57.6 Å². The zero-order valence-electron chi connectivity index (χ0n) is 18.1. The minimum atomic E-state index is -0.524. The number of aliphatic imine (C=N–C) groups is 1. The van der Waals surface area contributed by atoms with Crippen LogP contribution in [0.4, 0.5) is 14.9 Å². The smallest absolute Gasteiger partial charge is 0.410 e. The van der Waals surface area contributed by atoms with Crippen LogP contribution in [0, 0.1) is 5.82 Å². The minimum absolute atomic E-state index is 0.293. The van der Waals surface area contributed by atoms with Gasteiger partial charge in [-0.1, -0.05) is 6.07 Å². The first-order chi connectivity index (χ1) is 14.2. The molecule has 2 N–H and O–H groups in total. The highest BCUT2D eigenvalue weighted by Gasteiger charge is 2.26. The molecule has 2 aliphatic heterocycles. The number of hydrogen-bond donors (Lipinski definition) is 1. The first-order valence-electron chi connectivity index (χ1n) is 10.4. The molecule has 0 radical (unpaired) electrons. The van der Waals surface area contributed by atoms with E-state index in [4.69, 9.17) is 15.2 Å². The van der Waals surface area contributed by atoms with Crippen molar-refractivity contribution in [1.29, 1.82) is 0 Å². The van der Waals surface area contributed by atoms with Crippen LogP contribution in [0.15, 0.2) is 23.2 Å². The molecule has 0 atom stereocenters. The number of carbonyl (C=O) groups excluding carboxylic acids is 1. The summed E-state index contributed by atoms with van der Waals surface area (Å²) in [4.78, 5) is 22.2. The van der Waals surface area contributed by atoms with Crippen LogP contribution in [-0.2, 0) is 16.0 Å². The SMILES string of the molecule is CC(C)(C)OC(=O)N1CCN(c2ccc(CN=C(N)N3CCOCC3)cc2F)CC1. The molecule has 0 aliphatic carbocycles. The third-order valence-corrected chi connectivity index (χ3v) is 5.04. The van der Waals surface area contributed by atoms with Gasteiger partial charge in [-0.2, -0.15) is 0 Å². The van der Waals surface area contributed by atoms with Crippen molar-refractivity contribution in [2.45, 2.75) is 32.9 Å². The van der Waals surface area contributed by atoms with E-state index < -0.39 is 5.60 Å². The largest absolute Gasteiger partial charge is 0.444 e. The summed E-state index contributed by atoms with van der Waals surface area (Å²) >= 11 is 0. The number of guanidine groups is 1. The number of ether oxygens (including phenoxy) is 2. The monoisotopic (exact) mass is 421 g/mol. The van der Waals surface area contributed by atoms with Crippen molar-refractivity contribution in [2.75, 3.05) is 57.4 Å². The summed E-state index contributed by atoms with van der Waals surface area (Å²) in [5, 5.41) is 0. The Bertz CT molecular complexity index is 766. The van der Waals surface area contributed by atoms with Crippen molar-refractivity contribution < 1.29 is 18.7 Å². The third-order valence-electron chi connectivity index (χ3n) is 5.04. The van der Waals surface area contributed by atoms with E-state index in [2.05, 4.69) is 4.99 Å². The van der Waals surface area contributed by atoms with Crippen molar-refractivity contribution in [3.8, 4) is 0 Å². The normalized spacial score (nSPS) is 18.5. The maximum absolute atomic E-state index is 14.7. The van der Waals surface area contributed by atoms with Gasteiger partial charge in [0.1, 0.15) is 11.4 Å². The molecule has 0 unspecified atom stereocenters. The lowest BCUT2D eigenvalue weighted by molar-refractivity contribution is 0.0240. The van der Waals surface area contributed by atoms with E-state index >= 15 is 0 Å². The van der Waals surface area contributed by atoms with E-state index in [-0.39, 0.29) is 11.9 Å². The Labute approximate surface area is 177 Å². The second-order valence-corrected chi connectivity index (χ2v) is 8.51. The molecule has 0 aromatic heterocycles. The van der Waals surface area contributed by atoms with Gasteiger partial charge >= 0.3 is 6.09 Å². The predicted molar refractivity (Wildman–Crippen MR) is 114 cm³/mol. The Kier molecular flexibility index (Phi) is 7.02. The lowest BCUT2D eigenvalue weighted by Gasteiger charge is -2.36. The van der Waals surface area contributed by atoms with E-state index in [1.54, 1.807) is 11.0 Å². The van der Waals surface area contributed by atoms with Crippen molar-refractivity contribution in [3.05, 3.63) is 29.6 Å². The first kappa shape index (κ1) is 22.1. The van der Waals surface area contributed by atoms with Gasteiger partial charge in [0.05, 0.1) is 25.4 Å². The summed E-state index contributed by atoms with van der Waals surface area (Å²) in [6, 6.07) is 5.15. The maximum Gasteiger partial charge on any atom is 0.410 e. The van der Waals surface area contributed by atoms with E-state index in [0.717, 1.165) is 18.7 Å². The molecule has 166 valence electrons. The van der Waals surface area contributed by atoms with E-state index in [1.807, 2.05) is 36.6 Å². The molecule has 2 aliphatic rings. The molecule has 2 saturated heterocycles. The number of benzene rings is 1. The van der Waals surface area contributed by atoms with Crippen LogP contribution in [0.2, 0.25) is 0 Å². The average molecular weight is 422 g/mol. The quantitative estimate of drug-likeness (QED) is 0.594. The Morgan fingerprint density at radius 2 is 1.80 bits per heavy atom. The maximum atomic E-state index is 14.7. The van der Waals surface area contributed by atoms with Crippen LogP contribution in [-0.4, -0.2) is 79.9 Å². The Morgan fingerprint density at radius 3 is 2.40 bits per heavy atom. The molecule has 1 aromatic rings. The lowest BCUT2D eigenvalue weighted by Crippen LogP contribution is -2.50. The van der Waals surface area contributed by atoms with Crippen molar-refractivity contribution >= 4 is 17.7 Å². The molecule has 30 heavy (non-hydrogen) atoms. The summed E-state index contributed by atoms with van der Waals surface area (Å²) in [6.07, 6.45) is -0.325. The van der Waals surface area contributed by atoms with Gasteiger partial charge in [-0.3, -0.25) is 0 Å². The second kappa shape index (κ2) is 9.51. The van der Waals surface area contributed by atoms with Crippen LogP contribution in [0.3, 0.4) is 0 Å². The van der Waals surface area contributed by atoms with Gasteiger partial charge in [0.15, 0.2) is 5.96 Å². The Hall–Kier alpha value is -2.55. The summed E-state index contributed by atoms with van der Waals surface area (Å²) in [7, 11) is 0. The van der Waals surface area contributed by atoms with Crippen LogP contribution in [0.5, 0.6) is 0 Å². The van der Waals surface area contributed by atoms with Gasteiger partial charge in [-0.15, -0.1) is 0 Å². The van der Waals surface area contributed by atoms with Gasteiger partial charge in [-0.05, 0) is 38.5 Å². The molecule has 2 heterocycles. The van der Waals surface area contributed by atoms with E-state index in [1.165, 1.54) is 6.07 Å². The summed E-state index contributed by atoms with van der Waals surface area (Å²) in [6.45, 7) is 10.7. The lowest BCUT2D eigenvalue weighted by atomic mass is 10.1. The Morgan fingerprint density at radius 1 is 1.13 bits per heavy atom. The number of rotatable bonds is 3. The van der Waals surface area contributed by atoms with Crippen molar-refractivity contribution in [1.82, 2.24) is 9.80 Å². The number of anilines is 1. The fourth-order valence-corrected chi connectivity index (χ4v) is 3.43. The van der Waals surface area contributed by atoms with Gasteiger partial charge in [0.2, 0.25) is 0 Å². The number of hydrogen-bond acceptors (Lipinski definition) is 5. The molecule has 3 rings (SSSR count). The molecule has 1 aromatic carbocycles. The molecule has 9 heteroatoms. The molecule has 2 fully saturated rings. The standard InChI is InChI=1S/C21H32FN5O3/c1-21(2,3)30-20(28)27-8-6-25(7-9-27)18-5-4-16(14-17(18)22)15-24-19(23)26-10-12-29-13-11-26/h4-5,14H,6-13,15H2,1-3H3,(H2,23,24). The zero-order chi connectivity index (χ0) is 21.7. The second-order valence-electron chi connectivity index (χ2n) is 8.51. The summed E-state index contributed by atoms with van der Waals surface area (Å²) in [5.74, 6) is 0.166. The van der Waals surface area contributed by atoms with E-state index in [9.17, 15) is 9.18 Å². The molecule has 0 bridgehead atoms. The van der Waals surface area contributed by atoms with Gasteiger partial charge < -0.3 is 29.9 Å².